The fourth-order valence-corrected chi connectivity index (χ4v) is 2.30. The molecule has 0 amide bonds. The first kappa shape index (κ1) is 11.6. The van der Waals surface area contributed by atoms with Gasteiger partial charge in [-0.15, -0.1) is 0 Å². The van der Waals surface area contributed by atoms with Gasteiger partial charge in [0.2, 0.25) is 0 Å². The predicted molar refractivity (Wildman–Crippen MR) is 67.5 cm³/mol. The Balaban J connectivity index is 2.42. The van der Waals surface area contributed by atoms with Gasteiger partial charge in [-0.05, 0) is 24.3 Å². The summed E-state index contributed by atoms with van der Waals surface area (Å²) in [4.78, 5) is 0.0138. The average Bonchev–Trinajstić information content (AvgIpc) is 2.81. The Labute approximate surface area is 107 Å². The third-order valence-electron chi connectivity index (χ3n) is 2.30. The number of ether oxygens (including phenoxy) is 1. The molecule has 1 aromatic heterocycles. The molecule has 0 fully saturated rings. The number of alkyl halides is 1. The van der Waals surface area contributed by atoms with E-state index in [9.17, 15) is 0 Å². The van der Waals surface area contributed by atoms with Crippen LogP contribution in [-0.2, 0) is 0 Å². The van der Waals surface area contributed by atoms with Crippen molar-refractivity contribution in [1.29, 1.82) is 0 Å². The van der Waals surface area contributed by atoms with Crippen LogP contribution in [0.25, 0.3) is 0 Å². The minimum Gasteiger partial charge on any atom is -0.496 e. The molecule has 1 atom stereocenters. The van der Waals surface area contributed by atoms with Crippen molar-refractivity contribution in [3.8, 4) is 5.75 Å². The zero-order chi connectivity index (χ0) is 11.5. The molecule has 0 saturated carbocycles. The summed E-state index contributed by atoms with van der Waals surface area (Å²) in [7, 11) is 1.64. The number of hydrogen-bond acceptors (Lipinski definition) is 2. The first-order valence-corrected chi connectivity index (χ1v) is 6.01. The summed E-state index contributed by atoms with van der Waals surface area (Å²) >= 11 is 9.58. The molecule has 2 rings (SSSR count). The molecule has 16 heavy (non-hydrogen) atoms. The van der Waals surface area contributed by atoms with E-state index in [4.69, 9.17) is 20.8 Å². The Hall–Kier alpha value is -0.930. The van der Waals surface area contributed by atoms with Crippen molar-refractivity contribution < 1.29 is 9.15 Å². The molecule has 1 unspecified atom stereocenters. The average molecular weight is 302 g/mol. The number of methoxy groups -OCH3 is 1. The standard InChI is InChI=1S/C12H10BrClO2/c1-15-11-3-2-9(14)6-10(11)12(13)8-4-5-16-7-8/h2-7,12H,1H3. The van der Waals surface area contributed by atoms with Crippen molar-refractivity contribution in [3.63, 3.8) is 0 Å². The summed E-state index contributed by atoms with van der Waals surface area (Å²) in [6.45, 7) is 0. The van der Waals surface area contributed by atoms with Crippen LogP contribution in [0.3, 0.4) is 0 Å². The van der Waals surface area contributed by atoms with Gasteiger partial charge in [-0.2, -0.15) is 0 Å². The first-order chi connectivity index (χ1) is 7.72. The highest BCUT2D eigenvalue weighted by molar-refractivity contribution is 9.09. The SMILES string of the molecule is COc1ccc(Cl)cc1C(Br)c1ccoc1. The van der Waals surface area contributed by atoms with Crippen molar-refractivity contribution in [2.45, 2.75) is 4.83 Å². The Morgan fingerprint density at radius 1 is 1.38 bits per heavy atom. The van der Waals surface area contributed by atoms with E-state index in [1.807, 2.05) is 18.2 Å². The number of hydrogen-bond donors (Lipinski definition) is 0. The van der Waals surface area contributed by atoms with Crippen LogP contribution in [0.2, 0.25) is 5.02 Å². The van der Waals surface area contributed by atoms with E-state index >= 15 is 0 Å². The smallest absolute Gasteiger partial charge is 0.123 e. The van der Waals surface area contributed by atoms with Crippen LogP contribution in [0.1, 0.15) is 16.0 Å². The molecule has 0 aliphatic rings. The quantitative estimate of drug-likeness (QED) is 0.783. The minimum absolute atomic E-state index is 0.0138. The number of furan rings is 1. The van der Waals surface area contributed by atoms with E-state index in [-0.39, 0.29) is 4.83 Å². The molecule has 1 aromatic carbocycles. The zero-order valence-electron chi connectivity index (χ0n) is 8.61. The van der Waals surface area contributed by atoms with Crippen LogP contribution in [0.15, 0.2) is 41.2 Å². The lowest BCUT2D eigenvalue weighted by Gasteiger charge is -2.13. The summed E-state index contributed by atoms with van der Waals surface area (Å²) < 4.78 is 10.4. The monoisotopic (exact) mass is 300 g/mol. The Morgan fingerprint density at radius 2 is 2.19 bits per heavy atom. The highest BCUT2D eigenvalue weighted by Crippen LogP contribution is 2.37. The summed E-state index contributed by atoms with van der Waals surface area (Å²) in [5, 5.41) is 0.684. The van der Waals surface area contributed by atoms with Gasteiger partial charge in [0.05, 0.1) is 24.5 Å². The van der Waals surface area contributed by atoms with Gasteiger partial charge in [0, 0.05) is 16.1 Å². The van der Waals surface area contributed by atoms with Gasteiger partial charge in [0.25, 0.3) is 0 Å². The van der Waals surface area contributed by atoms with Gasteiger partial charge in [-0.1, -0.05) is 27.5 Å². The molecule has 4 heteroatoms. The molecular formula is C12H10BrClO2. The Morgan fingerprint density at radius 3 is 2.81 bits per heavy atom. The zero-order valence-corrected chi connectivity index (χ0v) is 11.0. The van der Waals surface area contributed by atoms with Crippen LogP contribution in [0.4, 0.5) is 0 Å². The largest absolute Gasteiger partial charge is 0.496 e. The van der Waals surface area contributed by atoms with Crippen LogP contribution in [0.5, 0.6) is 5.75 Å². The highest BCUT2D eigenvalue weighted by Gasteiger charge is 2.16. The number of rotatable bonds is 3. The fraction of sp³-hybridized carbons (Fsp3) is 0.167. The van der Waals surface area contributed by atoms with Crippen molar-refractivity contribution in [3.05, 3.63) is 52.9 Å². The van der Waals surface area contributed by atoms with Crippen molar-refractivity contribution in [2.24, 2.45) is 0 Å². The molecule has 0 bridgehead atoms. The van der Waals surface area contributed by atoms with Crippen LogP contribution in [0, 0.1) is 0 Å². The molecular weight excluding hydrogens is 291 g/mol. The first-order valence-electron chi connectivity index (χ1n) is 4.72. The molecule has 2 nitrogen and oxygen atoms in total. The number of benzene rings is 1. The topological polar surface area (TPSA) is 22.4 Å². The number of halogens is 2. The van der Waals surface area contributed by atoms with Crippen molar-refractivity contribution >= 4 is 27.5 Å². The van der Waals surface area contributed by atoms with Gasteiger partial charge in [-0.3, -0.25) is 0 Å². The van der Waals surface area contributed by atoms with Gasteiger partial charge >= 0.3 is 0 Å². The second-order valence-electron chi connectivity index (χ2n) is 3.31. The predicted octanol–water partition coefficient (Wildman–Crippen LogP) is 4.43. The van der Waals surface area contributed by atoms with Crippen molar-refractivity contribution in [1.82, 2.24) is 0 Å². The maximum atomic E-state index is 5.98. The van der Waals surface area contributed by atoms with E-state index in [0.717, 1.165) is 16.9 Å². The van der Waals surface area contributed by atoms with Crippen LogP contribution >= 0.6 is 27.5 Å². The lowest BCUT2D eigenvalue weighted by atomic mass is 10.1. The lowest BCUT2D eigenvalue weighted by Crippen LogP contribution is -1.95. The molecule has 84 valence electrons. The van der Waals surface area contributed by atoms with Gasteiger partial charge in [0.15, 0.2) is 0 Å². The Kier molecular flexibility index (Phi) is 3.56. The van der Waals surface area contributed by atoms with E-state index < -0.39 is 0 Å². The van der Waals surface area contributed by atoms with Gasteiger partial charge in [0.1, 0.15) is 5.75 Å². The maximum Gasteiger partial charge on any atom is 0.123 e. The fourth-order valence-electron chi connectivity index (χ4n) is 1.50. The summed E-state index contributed by atoms with van der Waals surface area (Å²) in [5.41, 5.74) is 2.01. The summed E-state index contributed by atoms with van der Waals surface area (Å²) in [5.74, 6) is 0.799. The van der Waals surface area contributed by atoms with E-state index in [1.165, 1.54) is 0 Å². The molecule has 0 aliphatic carbocycles. The van der Waals surface area contributed by atoms with Crippen LogP contribution < -0.4 is 4.74 Å². The molecule has 0 spiro atoms. The second kappa shape index (κ2) is 4.93. The van der Waals surface area contributed by atoms with E-state index in [0.29, 0.717) is 5.02 Å². The third kappa shape index (κ3) is 2.25. The molecule has 0 radical (unpaired) electrons. The molecule has 0 saturated heterocycles. The van der Waals surface area contributed by atoms with Gasteiger partial charge in [-0.25, -0.2) is 0 Å². The minimum atomic E-state index is 0.0138. The second-order valence-corrected chi connectivity index (χ2v) is 4.66. The normalized spacial score (nSPS) is 12.4. The molecule has 0 N–H and O–H groups in total. The van der Waals surface area contributed by atoms with E-state index in [1.54, 1.807) is 25.7 Å². The lowest BCUT2D eigenvalue weighted by molar-refractivity contribution is 0.410. The molecule has 0 aliphatic heterocycles. The van der Waals surface area contributed by atoms with E-state index in [2.05, 4.69) is 15.9 Å². The van der Waals surface area contributed by atoms with Gasteiger partial charge < -0.3 is 9.15 Å². The highest BCUT2D eigenvalue weighted by atomic mass is 79.9. The third-order valence-corrected chi connectivity index (χ3v) is 3.56. The van der Waals surface area contributed by atoms with Crippen LogP contribution in [-0.4, -0.2) is 7.11 Å². The maximum absolute atomic E-state index is 5.98. The summed E-state index contributed by atoms with van der Waals surface area (Å²) in [6.07, 6.45) is 3.33. The van der Waals surface area contributed by atoms with Crippen molar-refractivity contribution in [2.75, 3.05) is 7.11 Å². The summed E-state index contributed by atoms with van der Waals surface area (Å²) in [6, 6.07) is 7.44. The molecule has 1 heterocycles. The Bertz CT molecular complexity index is 468. The molecule has 2 aromatic rings.